The summed E-state index contributed by atoms with van der Waals surface area (Å²) in [6.07, 6.45) is 32.0. The molecule has 0 N–H and O–H groups in total. The summed E-state index contributed by atoms with van der Waals surface area (Å²) >= 11 is 0. The summed E-state index contributed by atoms with van der Waals surface area (Å²) in [7, 11) is 0. The molecule has 0 atom stereocenters. The number of rotatable bonds is 0. The van der Waals surface area contributed by atoms with Gasteiger partial charge in [-0.25, -0.2) is 0 Å². The molecule has 2 aliphatic rings. The van der Waals surface area contributed by atoms with Gasteiger partial charge in [0.05, 0.1) is 0 Å². The van der Waals surface area contributed by atoms with Gasteiger partial charge in [0.15, 0.2) is 0 Å². The molecule has 1 aromatic carbocycles. The molecule has 23 heavy (non-hydrogen) atoms. The second-order valence-corrected chi connectivity index (χ2v) is 4.16. The van der Waals surface area contributed by atoms with Gasteiger partial charge >= 0.3 is 0 Å². The van der Waals surface area contributed by atoms with Crippen molar-refractivity contribution in [3.05, 3.63) is 134 Å². The van der Waals surface area contributed by atoms with Crippen molar-refractivity contribution in [2.24, 2.45) is 0 Å². The Labute approximate surface area is 155 Å². The molecule has 0 unspecified atom stereocenters. The number of hydrogen-bond acceptors (Lipinski definition) is 0. The summed E-state index contributed by atoms with van der Waals surface area (Å²) in [5, 5.41) is 0. The van der Waals surface area contributed by atoms with Gasteiger partial charge in [-0.05, 0) is 0 Å². The fraction of sp³-hybridized carbons (Fsp3) is 0. The molecule has 1 radical (unpaired) electrons. The first kappa shape index (κ1) is 20.9. The molecule has 0 aromatic heterocycles. The van der Waals surface area contributed by atoms with Crippen LogP contribution in [0, 0.1) is 6.07 Å². The summed E-state index contributed by atoms with van der Waals surface area (Å²) in [6, 6.07) is 12.5. The number of allylic oxidation sites excluding steroid dienone is 16. The maximum Gasteiger partial charge on any atom is 0 e. The van der Waals surface area contributed by atoms with E-state index in [4.69, 9.17) is 0 Å². The molecule has 0 amide bonds. The monoisotopic (exact) mass is 378 g/mol. The molecule has 0 saturated carbocycles. The summed E-state index contributed by atoms with van der Waals surface area (Å²) in [4.78, 5) is 0. The molecule has 0 heterocycles. The molecule has 0 nitrogen and oxygen atoms in total. The molecule has 0 bridgehead atoms. The van der Waals surface area contributed by atoms with Gasteiger partial charge in [-0.15, -0.1) is 0 Å². The molecule has 2 aliphatic carbocycles. The van der Waals surface area contributed by atoms with Crippen molar-refractivity contribution >= 4 is 0 Å². The van der Waals surface area contributed by atoms with E-state index in [1.807, 2.05) is 128 Å². The molecule has 0 spiro atoms. The molecular weight excluding hydrogens is 357 g/mol. The third-order valence-corrected chi connectivity index (χ3v) is 2.38. The van der Waals surface area contributed by atoms with Crippen LogP contribution in [0.2, 0.25) is 0 Å². The quantitative estimate of drug-likeness (QED) is 0.388. The van der Waals surface area contributed by atoms with Crippen LogP contribution in [-0.2, 0) is 22.4 Å². The minimum absolute atomic E-state index is 0. The van der Waals surface area contributed by atoms with Gasteiger partial charge in [0.2, 0.25) is 0 Å². The van der Waals surface area contributed by atoms with Gasteiger partial charge in [0, 0.05) is 22.4 Å². The van der Waals surface area contributed by atoms with Gasteiger partial charge in [-0.3, -0.25) is 0 Å². The summed E-state index contributed by atoms with van der Waals surface area (Å²) < 4.78 is 0. The van der Waals surface area contributed by atoms with Crippen molar-refractivity contribution < 1.29 is 22.4 Å². The normalized spacial score (nSPS) is 18.8. The Bertz CT molecular complexity index is 415. The largest absolute Gasteiger partial charge is 0.184 e. The van der Waals surface area contributed by atoms with Gasteiger partial charge in [-0.2, -0.15) is 36.4 Å². The molecule has 1 heteroatoms. The predicted octanol–water partition coefficient (Wildman–Crippen LogP) is 5.93. The van der Waals surface area contributed by atoms with Crippen LogP contribution in [0.25, 0.3) is 0 Å². The molecule has 0 saturated heterocycles. The van der Waals surface area contributed by atoms with Gasteiger partial charge in [-0.1, -0.05) is 97.2 Å². The van der Waals surface area contributed by atoms with Crippen molar-refractivity contribution in [3.63, 3.8) is 0 Å². The van der Waals surface area contributed by atoms with Gasteiger partial charge in [0.25, 0.3) is 0 Å². The van der Waals surface area contributed by atoms with Crippen LogP contribution in [-0.4, -0.2) is 0 Å². The average molecular weight is 378 g/mol. The number of benzene rings is 1. The van der Waals surface area contributed by atoms with Crippen LogP contribution in [0.15, 0.2) is 128 Å². The van der Waals surface area contributed by atoms with Crippen molar-refractivity contribution in [1.82, 2.24) is 0 Å². The maximum absolute atomic E-state index is 2.89. The molecule has 115 valence electrons. The van der Waals surface area contributed by atoms with E-state index >= 15 is 0 Å². The topological polar surface area (TPSA) is 0 Å². The third-order valence-electron chi connectivity index (χ3n) is 2.38. The Balaban J connectivity index is 0.000000312. The third kappa shape index (κ3) is 16.1. The van der Waals surface area contributed by atoms with E-state index in [2.05, 4.69) is 6.07 Å². The Morgan fingerprint density at radius 3 is 0.609 bits per heavy atom. The summed E-state index contributed by atoms with van der Waals surface area (Å²) in [6.45, 7) is 0. The Morgan fingerprint density at radius 1 is 0.304 bits per heavy atom. The minimum Gasteiger partial charge on any atom is -0.184 e. The molecule has 0 aliphatic heterocycles. The fourth-order valence-corrected chi connectivity index (χ4v) is 1.37. The Kier molecular flexibility index (Phi) is 16.3. The molecule has 0 fully saturated rings. The van der Waals surface area contributed by atoms with E-state index in [-0.39, 0.29) is 22.4 Å². The van der Waals surface area contributed by atoms with E-state index in [1.54, 1.807) is 0 Å². The van der Waals surface area contributed by atoms with Crippen molar-refractivity contribution in [2.75, 3.05) is 0 Å². The number of hydrogen-bond donors (Lipinski definition) is 0. The van der Waals surface area contributed by atoms with Gasteiger partial charge in [0.1, 0.15) is 0 Å². The van der Waals surface area contributed by atoms with Crippen LogP contribution in [0.4, 0.5) is 0 Å². The zero-order valence-electron chi connectivity index (χ0n) is 13.1. The molecule has 1 aromatic rings. The van der Waals surface area contributed by atoms with Gasteiger partial charge < -0.3 is 0 Å². The standard InChI is InChI=1S/2C8H8.C6H5.Nb/c2*1-2-4-6-8-7-5-3-1;1-2-4-6-5-3-1;/h2*1-8H;1-5H;/q;;-1;/b2*2-1-,3-1?,4-2?,5-3-,6-4?,7-5?,8-6?,8-7?;;. The predicted molar refractivity (Wildman–Crippen MR) is 98.4 cm³/mol. The molecular formula is C22H21Nb-. The van der Waals surface area contributed by atoms with Crippen LogP contribution in [0.1, 0.15) is 0 Å². The van der Waals surface area contributed by atoms with Crippen molar-refractivity contribution in [1.29, 1.82) is 0 Å². The SMILES string of the molecule is C1=C/C=C\C=C/C=C1.C1=C/C=C\C=C/C=C1.[Nb].[c-]1ccccc1. The minimum atomic E-state index is 0. The summed E-state index contributed by atoms with van der Waals surface area (Å²) in [5.41, 5.74) is 0. The van der Waals surface area contributed by atoms with E-state index in [0.717, 1.165) is 0 Å². The van der Waals surface area contributed by atoms with E-state index in [9.17, 15) is 0 Å². The first-order valence-corrected chi connectivity index (χ1v) is 7.24. The molecule has 3 rings (SSSR count). The fourth-order valence-electron chi connectivity index (χ4n) is 1.37. The Morgan fingerprint density at radius 2 is 0.522 bits per heavy atom. The van der Waals surface area contributed by atoms with E-state index in [0.29, 0.717) is 0 Å². The summed E-state index contributed by atoms with van der Waals surface area (Å²) in [5.74, 6) is 0. The zero-order chi connectivity index (χ0) is 15.6. The first-order chi connectivity index (χ1) is 11.0. The average Bonchev–Trinajstić information content (AvgIpc) is 2.49. The smallest absolute Gasteiger partial charge is 0 e. The second-order valence-electron chi connectivity index (χ2n) is 4.16. The second kappa shape index (κ2) is 17.9. The Hall–Kier alpha value is -2.12. The van der Waals surface area contributed by atoms with Crippen LogP contribution in [0.3, 0.4) is 0 Å². The van der Waals surface area contributed by atoms with E-state index in [1.165, 1.54) is 0 Å². The maximum atomic E-state index is 2.89. The first-order valence-electron chi connectivity index (χ1n) is 7.24. The van der Waals surface area contributed by atoms with Crippen LogP contribution < -0.4 is 0 Å². The van der Waals surface area contributed by atoms with Crippen molar-refractivity contribution in [3.8, 4) is 0 Å². The van der Waals surface area contributed by atoms with Crippen molar-refractivity contribution in [2.45, 2.75) is 0 Å². The van der Waals surface area contributed by atoms with Crippen LogP contribution in [0.5, 0.6) is 0 Å². The van der Waals surface area contributed by atoms with Crippen LogP contribution >= 0.6 is 0 Å². The van der Waals surface area contributed by atoms with E-state index < -0.39 is 0 Å². The zero-order valence-corrected chi connectivity index (χ0v) is 15.3.